The molecule has 3 rings (SSSR count). The summed E-state index contributed by atoms with van der Waals surface area (Å²) >= 11 is 0. The molecule has 0 atom stereocenters. The fourth-order valence-corrected chi connectivity index (χ4v) is 2.35. The highest BCUT2D eigenvalue weighted by atomic mass is 16.5. The Balaban J connectivity index is 1.76. The summed E-state index contributed by atoms with van der Waals surface area (Å²) in [5.41, 5.74) is 3.20. The molecular weight excluding hydrogens is 292 g/mol. The van der Waals surface area contributed by atoms with Gasteiger partial charge in [0, 0.05) is 17.5 Å². The molecule has 0 spiro atoms. The van der Waals surface area contributed by atoms with Crippen molar-refractivity contribution in [1.29, 1.82) is 0 Å². The van der Waals surface area contributed by atoms with Crippen LogP contribution in [0.15, 0.2) is 57.7 Å². The lowest BCUT2D eigenvalue weighted by Crippen LogP contribution is -2.11. The van der Waals surface area contributed by atoms with Gasteiger partial charge in [0.25, 0.3) is 0 Å². The Hall–Kier alpha value is -2.88. The van der Waals surface area contributed by atoms with Crippen LogP contribution in [-0.4, -0.2) is 5.97 Å². The maximum atomic E-state index is 12.1. The highest BCUT2D eigenvalue weighted by Crippen LogP contribution is 2.20. The molecule has 3 aromatic rings. The minimum atomic E-state index is -0.434. The lowest BCUT2D eigenvalue weighted by atomic mass is 10.0. The first kappa shape index (κ1) is 15.0. The summed E-state index contributed by atoms with van der Waals surface area (Å²) in [6.07, 6.45) is 0.192. The van der Waals surface area contributed by atoms with E-state index in [4.69, 9.17) is 9.15 Å². The van der Waals surface area contributed by atoms with Crippen molar-refractivity contribution in [1.82, 2.24) is 0 Å². The van der Waals surface area contributed by atoms with Gasteiger partial charge in [-0.2, -0.15) is 0 Å². The van der Waals surface area contributed by atoms with Crippen molar-refractivity contribution < 1.29 is 13.9 Å². The zero-order chi connectivity index (χ0) is 16.4. The summed E-state index contributed by atoms with van der Waals surface area (Å²) in [6.45, 7) is 4.04. The normalized spacial score (nSPS) is 10.7. The van der Waals surface area contributed by atoms with E-state index >= 15 is 0 Å². The van der Waals surface area contributed by atoms with Crippen LogP contribution in [0.25, 0.3) is 11.0 Å². The van der Waals surface area contributed by atoms with Gasteiger partial charge in [0.05, 0.1) is 6.42 Å². The highest BCUT2D eigenvalue weighted by molar-refractivity contribution is 5.80. The average molecular weight is 308 g/mol. The quantitative estimate of drug-likeness (QED) is 0.422. The summed E-state index contributed by atoms with van der Waals surface area (Å²) in [4.78, 5) is 23.3. The fourth-order valence-electron chi connectivity index (χ4n) is 2.35. The molecule has 1 heterocycles. The summed E-state index contributed by atoms with van der Waals surface area (Å²) in [6, 6.07) is 13.9. The van der Waals surface area contributed by atoms with Gasteiger partial charge in [0.15, 0.2) is 0 Å². The summed E-state index contributed by atoms with van der Waals surface area (Å²) in [5, 5.41) is 0.776. The molecule has 0 bridgehead atoms. The topological polar surface area (TPSA) is 56.5 Å². The minimum Gasteiger partial charge on any atom is -0.426 e. The predicted octanol–water partition coefficient (Wildman–Crippen LogP) is 3.56. The maximum absolute atomic E-state index is 12.1. The van der Waals surface area contributed by atoms with Gasteiger partial charge in [-0.25, -0.2) is 4.79 Å². The molecule has 1 aromatic heterocycles. The molecule has 0 radical (unpaired) electrons. The Morgan fingerprint density at radius 3 is 2.57 bits per heavy atom. The second-order valence-corrected chi connectivity index (χ2v) is 5.52. The van der Waals surface area contributed by atoms with Gasteiger partial charge in [0.2, 0.25) is 0 Å². The molecule has 0 N–H and O–H groups in total. The molecule has 0 fully saturated rings. The molecule has 0 amide bonds. The largest absolute Gasteiger partial charge is 0.426 e. The maximum Gasteiger partial charge on any atom is 0.336 e. The lowest BCUT2D eigenvalue weighted by molar-refractivity contribution is -0.133. The number of fused-ring (bicyclic) bond motifs is 1. The van der Waals surface area contributed by atoms with Gasteiger partial charge in [-0.1, -0.05) is 18.2 Å². The van der Waals surface area contributed by atoms with E-state index in [9.17, 15) is 9.59 Å². The van der Waals surface area contributed by atoms with Crippen LogP contribution in [0.1, 0.15) is 16.7 Å². The van der Waals surface area contributed by atoms with Crippen molar-refractivity contribution in [3.63, 3.8) is 0 Å². The molecule has 0 aliphatic heterocycles. The van der Waals surface area contributed by atoms with E-state index < -0.39 is 5.63 Å². The predicted molar refractivity (Wildman–Crippen MR) is 87.7 cm³/mol. The van der Waals surface area contributed by atoms with Gasteiger partial charge in [-0.15, -0.1) is 0 Å². The van der Waals surface area contributed by atoms with Crippen LogP contribution in [0.2, 0.25) is 0 Å². The summed E-state index contributed by atoms with van der Waals surface area (Å²) in [7, 11) is 0. The molecule has 0 saturated heterocycles. The monoisotopic (exact) mass is 308 g/mol. The molecule has 0 aliphatic carbocycles. The van der Waals surface area contributed by atoms with Crippen molar-refractivity contribution in [2.45, 2.75) is 20.3 Å². The fraction of sp³-hybridized carbons (Fsp3) is 0.158. The number of carbonyl (C=O) groups is 1. The third-order valence-corrected chi connectivity index (χ3v) is 3.75. The van der Waals surface area contributed by atoms with Crippen molar-refractivity contribution in [2.75, 3.05) is 0 Å². The molecule has 23 heavy (non-hydrogen) atoms. The first-order valence-electron chi connectivity index (χ1n) is 7.32. The Morgan fingerprint density at radius 1 is 1.00 bits per heavy atom. The van der Waals surface area contributed by atoms with Crippen LogP contribution in [0.5, 0.6) is 5.75 Å². The Morgan fingerprint density at radius 2 is 1.78 bits per heavy atom. The van der Waals surface area contributed by atoms with E-state index in [0.29, 0.717) is 11.3 Å². The first-order chi connectivity index (χ1) is 11.0. The van der Waals surface area contributed by atoms with Crippen LogP contribution in [0, 0.1) is 13.8 Å². The van der Waals surface area contributed by atoms with E-state index in [1.807, 2.05) is 32.0 Å². The van der Waals surface area contributed by atoms with E-state index in [-0.39, 0.29) is 12.4 Å². The van der Waals surface area contributed by atoms with Crippen molar-refractivity contribution >= 4 is 16.9 Å². The van der Waals surface area contributed by atoms with Crippen LogP contribution in [-0.2, 0) is 11.2 Å². The third kappa shape index (κ3) is 3.48. The summed E-state index contributed by atoms with van der Waals surface area (Å²) in [5.74, 6) is 0.00608. The molecule has 4 heteroatoms. The van der Waals surface area contributed by atoms with Crippen LogP contribution in [0.3, 0.4) is 0 Å². The number of carbonyl (C=O) groups excluding carboxylic acids is 1. The molecule has 0 saturated carbocycles. The molecule has 116 valence electrons. The SMILES string of the molecule is Cc1ccc(CC(=O)Oc2ccc3ccc(=O)oc3c2)cc1C. The van der Waals surface area contributed by atoms with Gasteiger partial charge < -0.3 is 9.15 Å². The average Bonchev–Trinajstić information content (AvgIpc) is 2.50. The second-order valence-electron chi connectivity index (χ2n) is 5.52. The van der Waals surface area contributed by atoms with E-state index in [2.05, 4.69) is 0 Å². The number of aryl methyl sites for hydroxylation is 2. The smallest absolute Gasteiger partial charge is 0.336 e. The van der Waals surface area contributed by atoms with Gasteiger partial charge in [0.1, 0.15) is 11.3 Å². The second kappa shape index (κ2) is 6.08. The third-order valence-electron chi connectivity index (χ3n) is 3.75. The number of hydrogen-bond acceptors (Lipinski definition) is 4. The molecule has 4 nitrogen and oxygen atoms in total. The molecule has 0 unspecified atom stereocenters. The first-order valence-corrected chi connectivity index (χ1v) is 7.32. The minimum absolute atomic E-state index is 0.192. The van der Waals surface area contributed by atoms with E-state index in [1.165, 1.54) is 11.6 Å². The van der Waals surface area contributed by atoms with Crippen LogP contribution < -0.4 is 10.4 Å². The van der Waals surface area contributed by atoms with Gasteiger partial charge >= 0.3 is 11.6 Å². The lowest BCUT2D eigenvalue weighted by Gasteiger charge is -2.07. The van der Waals surface area contributed by atoms with Crippen molar-refractivity contribution in [3.05, 3.63) is 75.6 Å². The standard InChI is InChI=1S/C19H16O4/c1-12-3-4-14(9-13(12)2)10-19(21)22-16-7-5-15-6-8-18(20)23-17(15)11-16/h3-9,11H,10H2,1-2H3. The molecular formula is C19H16O4. The number of esters is 1. The number of ether oxygens (including phenoxy) is 1. The number of hydrogen-bond donors (Lipinski definition) is 0. The Labute approximate surface area is 133 Å². The van der Waals surface area contributed by atoms with Crippen molar-refractivity contribution in [2.24, 2.45) is 0 Å². The van der Waals surface area contributed by atoms with E-state index in [0.717, 1.165) is 16.5 Å². The molecule has 0 aliphatic rings. The zero-order valence-corrected chi connectivity index (χ0v) is 13.0. The highest BCUT2D eigenvalue weighted by Gasteiger charge is 2.09. The summed E-state index contributed by atoms with van der Waals surface area (Å²) < 4.78 is 10.4. The molecule has 2 aromatic carbocycles. The van der Waals surface area contributed by atoms with Gasteiger partial charge in [-0.3, -0.25) is 4.79 Å². The van der Waals surface area contributed by atoms with Crippen LogP contribution in [0.4, 0.5) is 0 Å². The zero-order valence-electron chi connectivity index (χ0n) is 13.0. The van der Waals surface area contributed by atoms with Crippen molar-refractivity contribution in [3.8, 4) is 5.75 Å². The number of rotatable bonds is 3. The Kier molecular flexibility index (Phi) is 3.98. The van der Waals surface area contributed by atoms with E-state index in [1.54, 1.807) is 24.3 Å². The van der Waals surface area contributed by atoms with Gasteiger partial charge in [-0.05, 0) is 48.7 Å². The Bertz CT molecular complexity index is 937. The number of benzene rings is 2. The van der Waals surface area contributed by atoms with Crippen LogP contribution >= 0.6 is 0 Å².